The first-order valence-corrected chi connectivity index (χ1v) is 11.8. The monoisotopic (exact) mass is 536 g/mol. The van der Waals surface area contributed by atoms with E-state index >= 15 is 0 Å². The molecule has 0 saturated carbocycles. The number of halogens is 3. The number of fused-ring (bicyclic) bond motifs is 1. The quantitative estimate of drug-likeness (QED) is 0.379. The number of nitrogens with two attached hydrogens (primary N) is 1. The van der Waals surface area contributed by atoms with Crippen LogP contribution in [0, 0.1) is 11.3 Å². The van der Waals surface area contributed by atoms with Gasteiger partial charge in [0, 0.05) is 24.5 Å². The number of hydrogen-bond donors (Lipinski definition) is 2. The molecule has 0 spiro atoms. The lowest BCUT2D eigenvalue weighted by molar-refractivity contribution is -0.488. The first-order valence-electron chi connectivity index (χ1n) is 11.8. The van der Waals surface area contributed by atoms with E-state index in [1.807, 2.05) is 0 Å². The number of carbonyl (C=O) groups excluding carboxylic acids is 1. The molecule has 4 heterocycles. The predicted molar refractivity (Wildman–Crippen MR) is 129 cm³/mol. The van der Waals surface area contributed by atoms with Gasteiger partial charge >= 0.3 is 6.18 Å². The van der Waals surface area contributed by atoms with Crippen molar-refractivity contribution in [3.05, 3.63) is 83.1 Å². The number of benzene rings is 1. The van der Waals surface area contributed by atoms with E-state index in [9.17, 15) is 18.0 Å². The van der Waals surface area contributed by atoms with Crippen molar-refractivity contribution < 1.29 is 27.7 Å². The Morgan fingerprint density at radius 1 is 1.23 bits per heavy atom. The van der Waals surface area contributed by atoms with Crippen LogP contribution >= 0.6 is 0 Å². The number of pyridine rings is 1. The number of aromatic nitrogens is 5. The third-order valence-electron chi connectivity index (χ3n) is 6.26. The van der Waals surface area contributed by atoms with Crippen LogP contribution in [0.25, 0.3) is 0 Å². The summed E-state index contributed by atoms with van der Waals surface area (Å²) < 4.78 is 45.4. The zero-order chi connectivity index (χ0) is 27.6. The Kier molecular flexibility index (Phi) is 6.90. The maximum atomic E-state index is 13.4. The summed E-state index contributed by atoms with van der Waals surface area (Å²) in [5, 5.41) is 21.0. The van der Waals surface area contributed by atoms with Gasteiger partial charge in [-0.05, 0) is 37.6 Å². The molecule has 1 atom stereocenters. The fourth-order valence-electron chi connectivity index (χ4n) is 4.26. The predicted octanol–water partition coefficient (Wildman–Crippen LogP) is 2.73. The molecule has 0 bridgehead atoms. The molecule has 1 aromatic carbocycles. The van der Waals surface area contributed by atoms with Gasteiger partial charge in [-0.2, -0.15) is 23.4 Å². The molecule has 0 saturated heterocycles. The van der Waals surface area contributed by atoms with Gasteiger partial charge in [0.1, 0.15) is 12.4 Å². The van der Waals surface area contributed by atoms with Gasteiger partial charge < -0.3 is 14.6 Å². The topological polar surface area (TPSA) is 150 Å². The van der Waals surface area contributed by atoms with E-state index in [-0.39, 0.29) is 18.3 Å². The number of nitriles is 1. The average molecular weight is 536 g/mol. The van der Waals surface area contributed by atoms with Crippen molar-refractivity contribution in [1.29, 1.82) is 5.26 Å². The van der Waals surface area contributed by atoms with E-state index in [0.717, 1.165) is 11.6 Å². The minimum absolute atomic E-state index is 0.284. The molecule has 14 heteroatoms. The van der Waals surface area contributed by atoms with E-state index in [2.05, 4.69) is 30.5 Å². The molecule has 1 aliphatic heterocycles. The number of rotatable bonds is 6. The van der Waals surface area contributed by atoms with Crippen molar-refractivity contribution >= 4 is 23.2 Å². The fourth-order valence-corrected chi connectivity index (χ4v) is 4.26. The number of amides is 1. The summed E-state index contributed by atoms with van der Waals surface area (Å²) in [5.74, 6) is 1.15. The van der Waals surface area contributed by atoms with E-state index in [4.69, 9.17) is 9.68 Å². The molecule has 0 unspecified atom stereocenters. The minimum atomic E-state index is -4.63. The molecular weight excluding hydrogens is 515 g/mol. The summed E-state index contributed by atoms with van der Waals surface area (Å²) in [6.07, 6.45) is -0.106. The van der Waals surface area contributed by atoms with Gasteiger partial charge in [-0.3, -0.25) is 4.79 Å². The molecule has 1 aliphatic rings. The van der Waals surface area contributed by atoms with Crippen molar-refractivity contribution in [2.45, 2.75) is 32.1 Å². The lowest BCUT2D eigenvalue weighted by Crippen LogP contribution is -2.73. The first-order chi connectivity index (χ1) is 18.7. The number of nitrogens with zero attached hydrogens (tertiary/aromatic N) is 7. The highest BCUT2D eigenvalue weighted by Gasteiger charge is 2.35. The molecule has 0 radical (unpaired) electrons. The van der Waals surface area contributed by atoms with Gasteiger partial charge in [-0.15, -0.1) is 10.2 Å². The van der Waals surface area contributed by atoms with Crippen LogP contribution in [0.3, 0.4) is 0 Å². The smallest absolute Gasteiger partial charge is 0.417 e. The maximum absolute atomic E-state index is 13.4. The third kappa shape index (κ3) is 5.53. The molecule has 3 N–H and O–H groups in total. The Bertz CT molecular complexity index is 1530. The van der Waals surface area contributed by atoms with Crippen LogP contribution in [0.4, 0.5) is 30.5 Å². The van der Waals surface area contributed by atoms with Crippen molar-refractivity contribution in [3.8, 4) is 6.07 Å². The van der Waals surface area contributed by atoms with Crippen LogP contribution in [0.5, 0.6) is 0 Å². The van der Waals surface area contributed by atoms with Crippen molar-refractivity contribution in [1.82, 2.24) is 30.5 Å². The average Bonchev–Trinajstić information content (AvgIpc) is 3.48. The Morgan fingerprint density at radius 2 is 2.08 bits per heavy atom. The van der Waals surface area contributed by atoms with Gasteiger partial charge in [0.15, 0.2) is 0 Å². The maximum Gasteiger partial charge on any atom is 0.417 e. The van der Waals surface area contributed by atoms with Crippen LogP contribution in [0.1, 0.15) is 51.6 Å². The van der Waals surface area contributed by atoms with E-state index < -0.39 is 23.3 Å². The lowest BCUT2D eigenvalue weighted by Gasteiger charge is -2.30. The highest BCUT2D eigenvalue weighted by atomic mass is 19.4. The highest BCUT2D eigenvalue weighted by Crippen LogP contribution is 2.35. The zero-order valence-electron chi connectivity index (χ0n) is 20.5. The molecule has 1 amide bonds. The van der Waals surface area contributed by atoms with Crippen LogP contribution < -0.4 is 15.5 Å². The van der Waals surface area contributed by atoms with Crippen molar-refractivity contribution in [2.75, 3.05) is 11.4 Å². The number of alkyl halides is 3. The zero-order valence-corrected chi connectivity index (χ0v) is 20.5. The summed E-state index contributed by atoms with van der Waals surface area (Å²) in [7, 11) is 0. The normalized spacial score (nSPS) is 13.9. The second kappa shape index (κ2) is 10.5. The molecule has 39 heavy (non-hydrogen) atoms. The summed E-state index contributed by atoms with van der Waals surface area (Å²) in [4.78, 5) is 27.4. The lowest BCUT2D eigenvalue weighted by atomic mass is 10.0. The largest absolute Gasteiger partial charge is 0.426 e. The molecule has 5 rings (SSSR count). The standard InChI is InChI=1S/C25H20F3N9O2/c1-14(24-36-33-13-39-24)34-23(38)16-3-5-21(30-10-16)35-22-18-6-7-37(11-20(18)31-12-32-22)17-4-2-15(9-29)19(8-17)25(26,27)28/h2-5,8,10,12-14H,6-7,11H2,1H3,(H,34,38)(H,30,31,32,35)/p+1/t14-/m1/s1. The summed E-state index contributed by atoms with van der Waals surface area (Å²) in [6, 6.07) is 8.15. The van der Waals surface area contributed by atoms with E-state index in [1.165, 1.54) is 31.1 Å². The Hall–Kier alpha value is -4.90. The number of quaternary nitrogens is 1. The summed E-state index contributed by atoms with van der Waals surface area (Å²) >= 11 is 0. The van der Waals surface area contributed by atoms with E-state index in [0.29, 0.717) is 41.5 Å². The van der Waals surface area contributed by atoms with Crippen molar-refractivity contribution in [2.24, 2.45) is 0 Å². The highest BCUT2D eigenvalue weighted by molar-refractivity contribution is 5.94. The van der Waals surface area contributed by atoms with E-state index in [1.54, 1.807) is 35.3 Å². The van der Waals surface area contributed by atoms with Crippen LogP contribution in [-0.2, 0) is 19.1 Å². The molecule has 4 aromatic rings. The molecule has 0 fully saturated rings. The molecule has 0 aliphatic carbocycles. The fraction of sp³-hybridized carbons (Fsp3) is 0.240. The van der Waals surface area contributed by atoms with Gasteiger partial charge in [-0.25, -0.2) is 15.3 Å². The van der Waals surface area contributed by atoms with Crippen molar-refractivity contribution in [3.63, 3.8) is 0 Å². The molecular formula is C25H21F3N9O2+. The second-order valence-corrected chi connectivity index (χ2v) is 8.78. The second-order valence-electron chi connectivity index (χ2n) is 8.78. The Balaban J connectivity index is 1.28. The van der Waals surface area contributed by atoms with Gasteiger partial charge in [0.05, 0.1) is 40.6 Å². The molecule has 11 nitrogen and oxygen atoms in total. The van der Waals surface area contributed by atoms with Gasteiger partial charge in [0.25, 0.3) is 5.91 Å². The van der Waals surface area contributed by atoms with Crippen LogP contribution in [-0.4, -0.2) is 37.6 Å². The summed E-state index contributed by atoms with van der Waals surface area (Å²) in [5.41, 5.74) is 0.888. The number of carbonyl (C=O) groups is 1. The van der Waals surface area contributed by atoms with Gasteiger partial charge in [0.2, 0.25) is 23.9 Å². The number of hydrogen-bond acceptors (Lipinski definition) is 9. The Labute approximate surface area is 219 Å². The number of anilines is 1. The molecule has 198 valence electrons. The SMILES string of the molecule is C[C@@H](NC(=O)c1ccc([NH2+]c2ncnc3c2CCN(c2ccc(C#N)c(C(F)(F)F)c2)C3)nc1)c1nnco1. The first kappa shape index (κ1) is 25.7. The molecule has 3 aromatic heterocycles. The van der Waals surface area contributed by atoms with Crippen LogP contribution in [0.15, 0.2) is 53.7 Å². The minimum Gasteiger partial charge on any atom is -0.426 e. The van der Waals surface area contributed by atoms with Gasteiger partial charge in [-0.1, -0.05) is 0 Å². The van der Waals surface area contributed by atoms with Crippen LogP contribution in [0.2, 0.25) is 0 Å². The number of nitrogens with one attached hydrogen (secondary N) is 1. The Morgan fingerprint density at radius 3 is 2.77 bits per heavy atom. The third-order valence-corrected chi connectivity index (χ3v) is 6.26. The summed E-state index contributed by atoms with van der Waals surface area (Å²) in [6.45, 7) is 2.44.